The molecule has 0 bridgehead atoms. The molecule has 6 nitrogen and oxygen atoms in total. The first-order chi connectivity index (χ1) is 10.6. The Bertz CT molecular complexity index is 646. The summed E-state index contributed by atoms with van der Waals surface area (Å²) in [6, 6.07) is 10.4. The van der Waals surface area contributed by atoms with Crippen LogP contribution in [0.3, 0.4) is 0 Å². The van der Waals surface area contributed by atoms with E-state index in [-0.39, 0.29) is 6.54 Å². The van der Waals surface area contributed by atoms with Gasteiger partial charge < -0.3 is 15.2 Å². The number of amides is 2. The fourth-order valence-corrected chi connectivity index (χ4v) is 2.01. The molecule has 0 radical (unpaired) electrons. The highest BCUT2D eigenvalue weighted by Gasteiger charge is 2.14. The van der Waals surface area contributed by atoms with Crippen molar-refractivity contribution in [2.75, 3.05) is 19.0 Å². The molecule has 1 unspecified atom stereocenters. The third-order valence-electron chi connectivity index (χ3n) is 3.20. The number of hydrogen-bond donors (Lipinski definition) is 3. The molecule has 0 aliphatic heterocycles. The second-order valence-electron chi connectivity index (χ2n) is 4.76. The molecule has 1 aromatic heterocycles. The van der Waals surface area contributed by atoms with E-state index < -0.39 is 12.1 Å². The standard InChI is InChI=1S/C16H19N3O3/c1-11-6-5-9-17-15(11)19-16(21)18-10-13(20)12-7-3-4-8-14(12)22-2/h3-9,13,20H,10H2,1-2H3,(H2,17,18,19,21). The lowest BCUT2D eigenvalue weighted by atomic mass is 10.1. The minimum Gasteiger partial charge on any atom is -0.496 e. The molecule has 0 aliphatic rings. The van der Waals surface area contributed by atoms with Crippen molar-refractivity contribution in [3.8, 4) is 5.75 Å². The van der Waals surface area contributed by atoms with Crippen molar-refractivity contribution in [2.45, 2.75) is 13.0 Å². The number of carbonyl (C=O) groups is 1. The third-order valence-corrected chi connectivity index (χ3v) is 3.20. The van der Waals surface area contributed by atoms with Crippen molar-refractivity contribution in [1.82, 2.24) is 10.3 Å². The van der Waals surface area contributed by atoms with Gasteiger partial charge in [-0.1, -0.05) is 24.3 Å². The van der Waals surface area contributed by atoms with Crippen LogP contribution >= 0.6 is 0 Å². The maximum Gasteiger partial charge on any atom is 0.320 e. The average Bonchev–Trinajstić information content (AvgIpc) is 2.54. The zero-order chi connectivity index (χ0) is 15.9. The maximum atomic E-state index is 11.9. The van der Waals surface area contributed by atoms with Gasteiger partial charge in [0.2, 0.25) is 0 Å². The van der Waals surface area contributed by atoms with Gasteiger partial charge in [0.25, 0.3) is 0 Å². The quantitative estimate of drug-likeness (QED) is 0.791. The average molecular weight is 301 g/mol. The SMILES string of the molecule is COc1ccccc1C(O)CNC(=O)Nc1ncccc1C. The smallest absolute Gasteiger partial charge is 0.320 e. The summed E-state index contributed by atoms with van der Waals surface area (Å²) in [5.41, 5.74) is 1.49. The number of aryl methyl sites for hydroxylation is 1. The highest BCUT2D eigenvalue weighted by Crippen LogP contribution is 2.24. The molecule has 2 amide bonds. The molecule has 6 heteroatoms. The Kier molecular flexibility index (Phi) is 5.32. The Balaban J connectivity index is 1.92. The molecule has 3 N–H and O–H groups in total. The van der Waals surface area contributed by atoms with E-state index in [1.165, 1.54) is 7.11 Å². The van der Waals surface area contributed by atoms with Crippen molar-refractivity contribution in [3.05, 3.63) is 53.7 Å². The molecule has 0 spiro atoms. The second kappa shape index (κ2) is 7.42. The molecular weight excluding hydrogens is 282 g/mol. The number of nitrogens with zero attached hydrogens (tertiary/aromatic N) is 1. The summed E-state index contributed by atoms with van der Waals surface area (Å²) in [4.78, 5) is 15.9. The van der Waals surface area contributed by atoms with Crippen LogP contribution in [0.25, 0.3) is 0 Å². The summed E-state index contributed by atoms with van der Waals surface area (Å²) in [6.07, 6.45) is 0.749. The number of nitrogens with one attached hydrogen (secondary N) is 2. The van der Waals surface area contributed by atoms with Crippen molar-refractivity contribution in [2.24, 2.45) is 0 Å². The number of methoxy groups -OCH3 is 1. The van der Waals surface area contributed by atoms with Crippen molar-refractivity contribution in [3.63, 3.8) is 0 Å². The maximum absolute atomic E-state index is 11.9. The van der Waals surface area contributed by atoms with Gasteiger partial charge in [0.15, 0.2) is 0 Å². The number of rotatable bonds is 5. The van der Waals surface area contributed by atoms with Crippen LogP contribution in [-0.4, -0.2) is 29.8 Å². The molecule has 1 atom stereocenters. The highest BCUT2D eigenvalue weighted by atomic mass is 16.5. The van der Waals surface area contributed by atoms with E-state index in [0.29, 0.717) is 17.1 Å². The van der Waals surface area contributed by atoms with Crippen LogP contribution in [0, 0.1) is 6.92 Å². The van der Waals surface area contributed by atoms with E-state index in [0.717, 1.165) is 5.56 Å². The zero-order valence-corrected chi connectivity index (χ0v) is 12.5. The van der Waals surface area contributed by atoms with E-state index in [1.807, 2.05) is 19.1 Å². The van der Waals surface area contributed by atoms with E-state index in [2.05, 4.69) is 15.6 Å². The zero-order valence-electron chi connectivity index (χ0n) is 12.5. The summed E-state index contributed by atoms with van der Waals surface area (Å²) >= 11 is 0. The summed E-state index contributed by atoms with van der Waals surface area (Å²) in [6.45, 7) is 1.92. The number of para-hydroxylation sites is 1. The van der Waals surface area contributed by atoms with Crippen LogP contribution in [0.15, 0.2) is 42.6 Å². The minimum absolute atomic E-state index is 0.0675. The van der Waals surface area contributed by atoms with Gasteiger partial charge in [0.05, 0.1) is 13.2 Å². The summed E-state index contributed by atoms with van der Waals surface area (Å²) in [5, 5.41) is 15.4. The molecule has 2 aromatic rings. The van der Waals surface area contributed by atoms with Crippen LogP contribution in [0.2, 0.25) is 0 Å². The molecule has 2 rings (SSSR count). The van der Waals surface area contributed by atoms with Crippen LogP contribution in [-0.2, 0) is 0 Å². The van der Waals surface area contributed by atoms with Crippen molar-refractivity contribution in [1.29, 1.82) is 0 Å². The number of hydrogen-bond acceptors (Lipinski definition) is 4. The number of carbonyl (C=O) groups excluding carboxylic acids is 1. The van der Waals surface area contributed by atoms with Crippen LogP contribution in [0.1, 0.15) is 17.2 Å². The molecule has 0 saturated carbocycles. The van der Waals surface area contributed by atoms with Crippen LogP contribution in [0.5, 0.6) is 5.75 Å². The van der Waals surface area contributed by atoms with Gasteiger partial charge in [-0.3, -0.25) is 5.32 Å². The van der Waals surface area contributed by atoms with Crippen LogP contribution in [0.4, 0.5) is 10.6 Å². The number of ether oxygens (including phenoxy) is 1. The largest absolute Gasteiger partial charge is 0.496 e. The van der Waals surface area contributed by atoms with Crippen molar-refractivity contribution < 1.29 is 14.6 Å². The van der Waals surface area contributed by atoms with Crippen molar-refractivity contribution >= 4 is 11.8 Å². The normalized spacial score (nSPS) is 11.6. The lowest BCUT2D eigenvalue weighted by molar-refractivity contribution is 0.171. The summed E-state index contributed by atoms with van der Waals surface area (Å²) < 4.78 is 5.19. The number of aliphatic hydroxyl groups excluding tert-OH is 1. The molecule has 1 aromatic carbocycles. The summed E-state index contributed by atoms with van der Waals surface area (Å²) in [5.74, 6) is 1.07. The monoisotopic (exact) mass is 301 g/mol. The van der Waals surface area contributed by atoms with Gasteiger partial charge in [-0.15, -0.1) is 0 Å². The van der Waals surface area contributed by atoms with Gasteiger partial charge >= 0.3 is 6.03 Å². The molecule has 116 valence electrons. The molecule has 0 fully saturated rings. The topological polar surface area (TPSA) is 83.5 Å². The van der Waals surface area contributed by atoms with Gasteiger partial charge in [-0.25, -0.2) is 9.78 Å². The Morgan fingerprint density at radius 3 is 2.82 bits per heavy atom. The summed E-state index contributed by atoms with van der Waals surface area (Å²) in [7, 11) is 1.54. The molecule has 22 heavy (non-hydrogen) atoms. The number of urea groups is 1. The van der Waals surface area contributed by atoms with Gasteiger partial charge in [-0.2, -0.15) is 0 Å². The van der Waals surface area contributed by atoms with E-state index in [4.69, 9.17) is 4.74 Å². The fourth-order valence-electron chi connectivity index (χ4n) is 2.01. The highest BCUT2D eigenvalue weighted by molar-refractivity contribution is 5.88. The molecular formula is C16H19N3O3. The number of pyridine rings is 1. The van der Waals surface area contributed by atoms with E-state index >= 15 is 0 Å². The Labute approximate surface area is 129 Å². The fraction of sp³-hybridized carbons (Fsp3) is 0.250. The Morgan fingerprint density at radius 2 is 2.09 bits per heavy atom. The van der Waals surface area contributed by atoms with Crippen LogP contribution < -0.4 is 15.4 Å². The Hall–Kier alpha value is -2.60. The molecule has 0 saturated heterocycles. The first-order valence-electron chi connectivity index (χ1n) is 6.89. The Morgan fingerprint density at radius 1 is 1.32 bits per heavy atom. The van der Waals surface area contributed by atoms with Gasteiger partial charge in [-0.05, 0) is 24.6 Å². The second-order valence-corrected chi connectivity index (χ2v) is 4.76. The number of aromatic nitrogens is 1. The number of benzene rings is 1. The molecule has 0 aliphatic carbocycles. The number of aliphatic hydroxyl groups is 1. The van der Waals surface area contributed by atoms with E-state index in [9.17, 15) is 9.90 Å². The lowest BCUT2D eigenvalue weighted by Crippen LogP contribution is -2.33. The number of anilines is 1. The first-order valence-corrected chi connectivity index (χ1v) is 6.89. The van der Waals surface area contributed by atoms with E-state index in [1.54, 1.807) is 30.5 Å². The first kappa shape index (κ1) is 15.8. The van der Waals surface area contributed by atoms with Gasteiger partial charge in [0, 0.05) is 18.3 Å². The molecule has 1 heterocycles. The van der Waals surface area contributed by atoms with Gasteiger partial charge in [0.1, 0.15) is 11.6 Å². The predicted molar refractivity (Wildman–Crippen MR) is 83.9 cm³/mol. The lowest BCUT2D eigenvalue weighted by Gasteiger charge is -2.15. The minimum atomic E-state index is -0.855. The third kappa shape index (κ3) is 3.95. The predicted octanol–water partition coefficient (Wildman–Crippen LogP) is 2.25.